The van der Waals surface area contributed by atoms with Crippen LogP contribution in [0.4, 0.5) is 5.69 Å². The molecule has 2 aromatic rings. The lowest BCUT2D eigenvalue weighted by Crippen LogP contribution is -2.22. The predicted molar refractivity (Wildman–Crippen MR) is 107 cm³/mol. The highest BCUT2D eigenvalue weighted by molar-refractivity contribution is 6.42. The van der Waals surface area contributed by atoms with Gasteiger partial charge in [0.05, 0.1) is 28.4 Å². The van der Waals surface area contributed by atoms with E-state index in [-0.39, 0.29) is 16.0 Å². The van der Waals surface area contributed by atoms with E-state index in [2.05, 4.69) is 26.1 Å². The zero-order valence-electron chi connectivity index (χ0n) is 15.6. The number of carbonyl (C=O) groups excluding carboxylic acids is 2. The van der Waals surface area contributed by atoms with Crippen molar-refractivity contribution >= 4 is 40.8 Å². The number of rotatable bonds is 5. The van der Waals surface area contributed by atoms with E-state index in [1.807, 2.05) is 12.1 Å². The van der Waals surface area contributed by atoms with Gasteiger partial charge in [-0.2, -0.15) is 0 Å². The van der Waals surface area contributed by atoms with Gasteiger partial charge in [-0.15, -0.1) is 0 Å². The van der Waals surface area contributed by atoms with Crippen molar-refractivity contribution in [2.45, 2.75) is 26.2 Å². The van der Waals surface area contributed by atoms with E-state index in [0.29, 0.717) is 16.5 Å². The summed E-state index contributed by atoms with van der Waals surface area (Å²) in [5.74, 6) is -0.626. The topological polar surface area (TPSA) is 64.6 Å². The minimum Gasteiger partial charge on any atom is -0.495 e. The molecule has 0 saturated carbocycles. The summed E-state index contributed by atoms with van der Waals surface area (Å²) >= 11 is 11.7. The highest BCUT2D eigenvalue weighted by Gasteiger charge is 2.18. The van der Waals surface area contributed by atoms with Crippen LogP contribution in [0.5, 0.6) is 5.75 Å². The van der Waals surface area contributed by atoms with E-state index in [1.54, 1.807) is 6.07 Å². The zero-order valence-corrected chi connectivity index (χ0v) is 17.1. The molecule has 7 heteroatoms. The quantitative estimate of drug-likeness (QED) is 0.697. The van der Waals surface area contributed by atoms with Gasteiger partial charge in [0.15, 0.2) is 6.61 Å². The lowest BCUT2D eigenvalue weighted by molar-refractivity contribution is -0.119. The summed E-state index contributed by atoms with van der Waals surface area (Å²) in [6, 6.07) is 9.93. The molecule has 0 unspecified atom stereocenters. The minimum atomic E-state index is -0.667. The van der Waals surface area contributed by atoms with Crippen LogP contribution in [0.15, 0.2) is 36.4 Å². The van der Waals surface area contributed by atoms with Gasteiger partial charge in [-0.1, -0.05) is 50.0 Å². The van der Waals surface area contributed by atoms with Gasteiger partial charge < -0.3 is 14.8 Å². The molecule has 1 amide bonds. The van der Waals surface area contributed by atoms with Crippen molar-refractivity contribution in [1.29, 1.82) is 0 Å². The van der Waals surface area contributed by atoms with Crippen LogP contribution in [-0.2, 0) is 14.9 Å². The Morgan fingerprint density at radius 1 is 1.04 bits per heavy atom. The van der Waals surface area contributed by atoms with Crippen molar-refractivity contribution in [3.63, 3.8) is 0 Å². The van der Waals surface area contributed by atoms with Gasteiger partial charge in [-0.25, -0.2) is 4.79 Å². The fraction of sp³-hybridized carbons (Fsp3) is 0.300. The Morgan fingerprint density at radius 2 is 1.74 bits per heavy atom. The molecule has 2 rings (SSSR count). The molecule has 0 radical (unpaired) electrons. The highest BCUT2D eigenvalue weighted by Crippen LogP contribution is 2.31. The second-order valence-corrected chi connectivity index (χ2v) is 7.73. The number of hydrogen-bond acceptors (Lipinski definition) is 4. The number of halogens is 2. The van der Waals surface area contributed by atoms with Crippen molar-refractivity contribution < 1.29 is 19.1 Å². The van der Waals surface area contributed by atoms with Gasteiger partial charge >= 0.3 is 5.97 Å². The van der Waals surface area contributed by atoms with Gasteiger partial charge in [-0.3, -0.25) is 4.79 Å². The number of esters is 1. The Balaban J connectivity index is 2.04. The molecule has 0 fully saturated rings. The highest BCUT2D eigenvalue weighted by atomic mass is 35.5. The maximum absolute atomic E-state index is 12.2. The van der Waals surface area contributed by atoms with Crippen LogP contribution in [0.25, 0.3) is 0 Å². The lowest BCUT2D eigenvalue weighted by atomic mass is 9.87. The third-order valence-electron chi connectivity index (χ3n) is 3.83. The minimum absolute atomic E-state index is 0.0912. The Kier molecular flexibility index (Phi) is 6.73. The van der Waals surface area contributed by atoms with Gasteiger partial charge in [0, 0.05) is 0 Å². The van der Waals surface area contributed by atoms with Crippen molar-refractivity contribution in [1.82, 2.24) is 0 Å². The summed E-state index contributed by atoms with van der Waals surface area (Å²) in [5.41, 5.74) is 1.67. The summed E-state index contributed by atoms with van der Waals surface area (Å²) in [5, 5.41) is 3.28. The molecule has 5 nitrogen and oxygen atoms in total. The second kappa shape index (κ2) is 8.63. The number of carbonyl (C=O) groups is 2. The molecule has 0 aliphatic rings. The Hall–Kier alpha value is -2.24. The first-order valence-electron chi connectivity index (χ1n) is 8.22. The first-order valence-corrected chi connectivity index (χ1v) is 8.98. The van der Waals surface area contributed by atoms with Crippen LogP contribution in [0.3, 0.4) is 0 Å². The number of benzene rings is 2. The summed E-state index contributed by atoms with van der Waals surface area (Å²) < 4.78 is 10.3. The maximum Gasteiger partial charge on any atom is 0.338 e. The third kappa shape index (κ3) is 5.62. The first kappa shape index (κ1) is 21.1. The van der Waals surface area contributed by atoms with Gasteiger partial charge in [0.1, 0.15) is 5.75 Å². The average Bonchev–Trinajstić information content (AvgIpc) is 2.61. The van der Waals surface area contributed by atoms with Crippen molar-refractivity contribution in [3.05, 3.63) is 57.6 Å². The molecule has 0 aliphatic heterocycles. The summed E-state index contributed by atoms with van der Waals surface area (Å²) in [4.78, 5) is 24.3. The second-order valence-electron chi connectivity index (χ2n) is 6.92. The molecule has 0 atom stereocenters. The normalized spacial score (nSPS) is 11.0. The maximum atomic E-state index is 12.2. The summed E-state index contributed by atoms with van der Waals surface area (Å²) in [6.45, 7) is 5.76. The van der Waals surface area contributed by atoms with E-state index in [4.69, 9.17) is 32.7 Å². The average molecular weight is 410 g/mol. The Labute approximate surface area is 168 Å². The fourth-order valence-electron chi connectivity index (χ4n) is 2.30. The van der Waals surface area contributed by atoms with Gasteiger partial charge in [0.2, 0.25) is 0 Å². The molecule has 1 N–H and O–H groups in total. The van der Waals surface area contributed by atoms with E-state index >= 15 is 0 Å². The molecule has 144 valence electrons. The van der Waals surface area contributed by atoms with Crippen LogP contribution >= 0.6 is 23.2 Å². The number of hydrogen-bond donors (Lipinski definition) is 1. The Bertz CT molecular complexity index is 860. The van der Waals surface area contributed by atoms with Crippen molar-refractivity contribution in [2.75, 3.05) is 19.0 Å². The van der Waals surface area contributed by atoms with Crippen LogP contribution in [0.1, 0.15) is 36.7 Å². The number of methoxy groups -OCH3 is 1. The van der Waals surface area contributed by atoms with E-state index in [0.717, 1.165) is 5.56 Å². The number of anilines is 1. The molecular weight excluding hydrogens is 389 g/mol. The molecule has 0 heterocycles. The predicted octanol–water partition coefficient (Wildman–Crippen LogP) is 5.10. The smallest absolute Gasteiger partial charge is 0.338 e. The largest absolute Gasteiger partial charge is 0.495 e. The van der Waals surface area contributed by atoms with Crippen LogP contribution in [-0.4, -0.2) is 25.6 Å². The third-order valence-corrected chi connectivity index (χ3v) is 4.57. The van der Waals surface area contributed by atoms with E-state index in [1.165, 1.54) is 25.3 Å². The molecule has 0 saturated heterocycles. The SMILES string of the molecule is COc1ccc(C(C)(C)C)cc1NC(=O)COC(=O)c1ccc(Cl)c(Cl)c1. The van der Waals surface area contributed by atoms with Crippen molar-refractivity contribution in [3.8, 4) is 5.75 Å². The zero-order chi connectivity index (χ0) is 20.2. The fourth-order valence-corrected chi connectivity index (χ4v) is 2.59. The molecule has 0 aromatic heterocycles. The number of nitrogens with one attached hydrogen (secondary N) is 1. The van der Waals surface area contributed by atoms with E-state index in [9.17, 15) is 9.59 Å². The van der Waals surface area contributed by atoms with Crippen LogP contribution in [0.2, 0.25) is 10.0 Å². The number of ether oxygens (including phenoxy) is 2. The molecule has 0 bridgehead atoms. The standard InChI is InChI=1S/C20H21Cl2NO4/c1-20(2,3)13-6-8-17(26-4)16(10-13)23-18(24)11-27-19(25)12-5-7-14(21)15(22)9-12/h5-10H,11H2,1-4H3,(H,23,24). The molecule has 0 spiro atoms. The Morgan fingerprint density at radius 3 is 2.33 bits per heavy atom. The van der Waals surface area contributed by atoms with Gasteiger partial charge in [-0.05, 0) is 41.3 Å². The lowest BCUT2D eigenvalue weighted by Gasteiger charge is -2.21. The van der Waals surface area contributed by atoms with Crippen molar-refractivity contribution in [2.24, 2.45) is 0 Å². The summed E-state index contributed by atoms with van der Waals surface area (Å²) in [6.07, 6.45) is 0. The van der Waals surface area contributed by atoms with Crippen LogP contribution in [0, 0.1) is 0 Å². The van der Waals surface area contributed by atoms with Crippen LogP contribution < -0.4 is 10.1 Å². The molecule has 27 heavy (non-hydrogen) atoms. The molecule has 0 aliphatic carbocycles. The molecular formula is C20H21Cl2NO4. The monoisotopic (exact) mass is 409 g/mol. The van der Waals surface area contributed by atoms with Gasteiger partial charge in [0.25, 0.3) is 5.91 Å². The first-order chi connectivity index (χ1) is 12.6. The molecule has 2 aromatic carbocycles. The number of amides is 1. The summed E-state index contributed by atoms with van der Waals surface area (Å²) in [7, 11) is 1.52. The van der Waals surface area contributed by atoms with E-state index < -0.39 is 18.5 Å².